The first-order chi connectivity index (χ1) is 13.0. The van der Waals surface area contributed by atoms with E-state index in [1.807, 2.05) is 43.3 Å². The average molecular weight is 363 g/mol. The molecular formula is C21H19BFNO3. The third-order valence-electron chi connectivity index (χ3n) is 4.87. The van der Waals surface area contributed by atoms with E-state index in [2.05, 4.69) is 4.98 Å². The molecule has 27 heavy (non-hydrogen) atoms. The number of hydrogen-bond donors (Lipinski definition) is 2. The van der Waals surface area contributed by atoms with E-state index in [-0.39, 0.29) is 17.5 Å². The molecule has 4 nitrogen and oxygen atoms in total. The fraction of sp³-hybridized carbons (Fsp3) is 0.190. The van der Waals surface area contributed by atoms with Crippen LogP contribution in [-0.4, -0.2) is 22.2 Å². The number of benzene rings is 2. The highest BCUT2D eigenvalue weighted by atomic mass is 19.1. The van der Waals surface area contributed by atoms with Crippen LogP contribution in [0.25, 0.3) is 11.1 Å². The maximum atomic E-state index is 14.1. The number of pyridine rings is 1. The van der Waals surface area contributed by atoms with Gasteiger partial charge in [-0.2, -0.15) is 0 Å². The van der Waals surface area contributed by atoms with Crippen molar-refractivity contribution in [2.45, 2.75) is 25.9 Å². The van der Waals surface area contributed by atoms with Gasteiger partial charge in [-0.25, -0.2) is 9.37 Å². The van der Waals surface area contributed by atoms with Gasteiger partial charge in [0.2, 0.25) is 5.88 Å². The topological polar surface area (TPSA) is 62.6 Å². The Kier molecular flexibility index (Phi) is 4.68. The van der Waals surface area contributed by atoms with Gasteiger partial charge >= 0.3 is 7.12 Å². The van der Waals surface area contributed by atoms with Gasteiger partial charge in [0.05, 0.1) is 5.59 Å². The van der Waals surface area contributed by atoms with Crippen molar-refractivity contribution in [2.75, 3.05) is 0 Å². The van der Waals surface area contributed by atoms with Crippen LogP contribution in [0.3, 0.4) is 0 Å². The molecule has 0 saturated heterocycles. The highest BCUT2D eigenvalue weighted by Crippen LogP contribution is 2.34. The van der Waals surface area contributed by atoms with Crippen molar-refractivity contribution in [1.82, 2.24) is 4.98 Å². The highest BCUT2D eigenvalue weighted by molar-refractivity contribution is 6.57. The molecule has 1 unspecified atom stereocenters. The molecule has 1 aliphatic heterocycles. The lowest BCUT2D eigenvalue weighted by Gasteiger charge is -2.26. The SMILES string of the molecule is Cc1ccc(F)c(-c2ccc(C3CCc4ccc(B(O)O)nc4O3)cc2)c1. The van der Waals surface area contributed by atoms with E-state index in [0.29, 0.717) is 11.4 Å². The Labute approximate surface area is 157 Å². The summed E-state index contributed by atoms with van der Waals surface area (Å²) in [5, 5.41) is 18.6. The van der Waals surface area contributed by atoms with E-state index in [1.54, 1.807) is 12.1 Å². The van der Waals surface area contributed by atoms with Crippen LogP contribution in [-0.2, 0) is 6.42 Å². The van der Waals surface area contributed by atoms with Crippen molar-refractivity contribution >= 4 is 12.7 Å². The number of aryl methyl sites for hydroxylation is 2. The van der Waals surface area contributed by atoms with Crippen LogP contribution in [0.5, 0.6) is 5.88 Å². The maximum absolute atomic E-state index is 14.1. The van der Waals surface area contributed by atoms with Gasteiger partial charge in [0.1, 0.15) is 11.9 Å². The summed E-state index contributed by atoms with van der Waals surface area (Å²) in [7, 11) is -1.62. The molecule has 1 atom stereocenters. The molecular weight excluding hydrogens is 344 g/mol. The smallest absolute Gasteiger partial charge is 0.469 e. The lowest BCUT2D eigenvalue weighted by Crippen LogP contribution is -2.33. The summed E-state index contributed by atoms with van der Waals surface area (Å²) in [6.45, 7) is 1.94. The summed E-state index contributed by atoms with van der Waals surface area (Å²) in [5.41, 5.74) is 4.51. The second kappa shape index (κ2) is 7.14. The molecule has 0 aliphatic carbocycles. The van der Waals surface area contributed by atoms with Gasteiger partial charge in [-0.15, -0.1) is 0 Å². The van der Waals surface area contributed by atoms with Crippen LogP contribution >= 0.6 is 0 Å². The molecule has 0 bridgehead atoms. The predicted molar refractivity (Wildman–Crippen MR) is 102 cm³/mol. The lowest BCUT2D eigenvalue weighted by atomic mass is 9.85. The number of hydrogen-bond acceptors (Lipinski definition) is 4. The number of ether oxygens (including phenoxy) is 1. The summed E-state index contributed by atoms with van der Waals surface area (Å²) in [5.74, 6) is 0.195. The Morgan fingerprint density at radius 3 is 2.59 bits per heavy atom. The Morgan fingerprint density at radius 1 is 1.07 bits per heavy atom. The van der Waals surface area contributed by atoms with Gasteiger partial charge in [0.15, 0.2) is 0 Å². The summed E-state index contributed by atoms with van der Waals surface area (Å²) < 4.78 is 20.1. The molecule has 6 heteroatoms. The zero-order valence-corrected chi connectivity index (χ0v) is 14.9. The normalized spacial score (nSPS) is 15.8. The minimum absolute atomic E-state index is 0.166. The zero-order chi connectivity index (χ0) is 19.0. The minimum Gasteiger partial charge on any atom is -0.469 e. The summed E-state index contributed by atoms with van der Waals surface area (Å²) in [6.07, 6.45) is 1.42. The van der Waals surface area contributed by atoms with E-state index in [1.165, 1.54) is 6.07 Å². The van der Waals surface area contributed by atoms with Crippen LogP contribution in [0.4, 0.5) is 4.39 Å². The predicted octanol–water partition coefficient (Wildman–Crippen LogP) is 2.94. The third kappa shape index (κ3) is 3.59. The number of rotatable bonds is 3. The fourth-order valence-corrected chi connectivity index (χ4v) is 3.37. The Morgan fingerprint density at radius 2 is 1.85 bits per heavy atom. The zero-order valence-electron chi connectivity index (χ0n) is 14.9. The number of halogens is 1. The molecule has 3 aromatic rings. The first-order valence-electron chi connectivity index (χ1n) is 8.90. The molecule has 2 aromatic carbocycles. The molecule has 4 rings (SSSR count). The van der Waals surface area contributed by atoms with Crippen LogP contribution in [0.15, 0.2) is 54.6 Å². The van der Waals surface area contributed by atoms with E-state index >= 15 is 0 Å². The summed E-state index contributed by atoms with van der Waals surface area (Å²) >= 11 is 0. The number of nitrogens with zero attached hydrogens (tertiary/aromatic N) is 1. The van der Waals surface area contributed by atoms with Gasteiger partial charge < -0.3 is 14.8 Å². The molecule has 136 valence electrons. The second-order valence-corrected chi connectivity index (χ2v) is 6.82. The summed E-state index contributed by atoms with van der Waals surface area (Å²) in [6, 6.07) is 16.2. The van der Waals surface area contributed by atoms with Crippen molar-refractivity contribution < 1.29 is 19.2 Å². The van der Waals surface area contributed by atoms with Crippen molar-refractivity contribution in [2.24, 2.45) is 0 Å². The Balaban J connectivity index is 1.58. The first kappa shape index (κ1) is 17.7. The van der Waals surface area contributed by atoms with E-state index in [0.717, 1.165) is 35.1 Å². The summed E-state index contributed by atoms with van der Waals surface area (Å²) in [4.78, 5) is 4.20. The highest BCUT2D eigenvalue weighted by Gasteiger charge is 2.24. The monoisotopic (exact) mass is 363 g/mol. The van der Waals surface area contributed by atoms with Crippen LogP contribution in [0.1, 0.15) is 29.2 Å². The molecule has 2 N–H and O–H groups in total. The van der Waals surface area contributed by atoms with E-state index in [9.17, 15) is 14.4 Å². The van der Waals surface area contributed by atoms with E-state index < -0.39 is 7.12 Å². The molecule has 0 spiro atoms. The van der Waals surface area contributed by atoms with Gasteiger partial charge in [-0.05, 0) is 49.1 Å². The Bertz CT molecular complexity index is 976. The van der Waals surface area contributed by atoms with Gasteiger partial charge in [-0.3, -0.25) is 0 Å². The molecule has 1 aromatic heterocycles. The molecule has 0 saturated carbocycles. The van der Waals surface area contributed by atoms with Crippen molar-refractivity contribution in [1.29, 1.82) is 0 Å². The second-order valence-electron chi connectivity index (χ2n) is 6.82. The average Bonchev–Trinajstić information content (AvgIpc) is 2.69. The van der Waals surface area contributed by atoms with Crippen molar-refractivity contribution in [3.63, 3.8) is 0 Å². The standard InChI is InChI=1S/C21H19BFNO3/c1-13-2-9-18(23)17(12-13)14-3-5-15(6-4-14)19-10-7-16-8-11-20(22(25)26)24-21(16)27-19/h2-6,8-9,11-12,19,25-26H,7,10H2,1H3. The molecule has 1 aliphatic rings. The quantitative estimate of drug-likeness (QED) is 0.703. The fourth-order valence-electron chi connectivity index (χ4n) is 3.37. The van der Waals surface area contributed by atoms with E-state index in [4.69, 9.17) is 4.74 Å². The Hall–Kier alpha value is -2.70. The molecule has 0 amide bonds. The third-order valence-corrected chi connectivity index (χ3v) is 4.87. The largest absolute Gasteiger partial charge is 0.508 e. The van der Waals surface area contributed by atoms with Gasteiger partial charge in [0, 0.05) is 11.1 Å². The maximum Gasteiger partial charge on any atom is 0.508 e. The van der Waals surface area contributed by atoms with Gasteiger partial charge in [0.25, 0.3) is 0 Å². The van der Waals surface area contributed by atoms with Gasteiger partial charge in [-0.1, -0.05) is 42.0 Å². The number of aromatic nitrogens is 1. The first-order valence-corrected chi connectivity index (χ1v) is 8.90. The molecule has 2 heterocycles. The van der Waals surface area contributed by atoms with Crippen molar-refractivity contribution in [3.8, 4) is 17.0 Å². The van der Waals surface area contributed by atoms with Crippen molar-refractivity contribution in [3.05, 3.63) is 77.1 Å². The minimum atomic E-state index is -1.62. The van der Waals surface area contributed by atoms with Crippen LogP contribution in [0, 0.1) is 12.7 Å². The molecule has 0 radical (unpaired) electrons. The van der Waals surface area contributed by atoms with Crippen LogP contribution < -0.4 is 10.3 Å². The lowest BCUT2D eigenvalue weighted by molar-refractivity contribution is 0.168. The molecule has 0 fully saturated rings. The number of fused-ring (bicyclic) bond motifs is 1. The van der Waals surface area contributed by atoms with Crippen LogP contribution in [0.2, 0.25) is 0 Å².